The molecular formula is C57H64Cl4N4O9. The average Bonchev–Trinajstić information content (AvgIpc) is 4.13. The molecule has 2 unspecified atom stereocenters. The lowest BCUT2D eigenvalue weighted by Crippen LogP contribution is -2.59. The zero-order valence-electron chi connectivity index (χ0n) is 42.6. The summed E-state index contributed by atoms with van der Waals surface area (Å²) in [5.74, 6) is -1.93. The SMILES string of the molecule is C1CCOC1.C=CCOC(=O)C(CC(C)C)c1ccc(C2(NC(=O)c3cc4c(Cl)c(Cl)ccc4n3C)COC2)cc1.CC(C)CC(C(=O)O)c1ccc(C2(NC(=O)c3cc4c(Cl)c(Cl)ccc4n3C)COC2)cc1. The number of rotatable bonds is 16. The highest BCUT2D eigenvalue weighted by atomic mass is 35.5. The van der Waals surface area contributed by atoms with Crippen LogP contribution in [0.25, 0.3) is 21.8 Å². The Labute approximate surface area is 452 Å². The van der Waals surface area contributed by atoms with E-state index in [-0.39, 0.29) is 36.2 Å². The number of ether oxygens (including phenoxy) is 4. The van der Waals surface area contributed by atoms with E-state index in [1.165, 1.54) is 12.8 Å². The van der Waals surface area contributed by atoms with Crippen molar-refractivity contribution < 1.29 is 43.2 Å². The molecule has 4 aromatic carbocycles. The molecule has 3 saturated heterocycles. The van der Waals surface area contributed by atoms with Crippen LogP contribution in [-0.2, 0) is 53.7 Å². The number of hydrogen-bond donors (Lipinski definition) is 3. The van der Waals surface area contributed by atoms with Crippen LogP contribution < -0.4 is 10.6 Å². The van der Waals surface area contributed by atoms with E-state index in [2.05, 4.69) is 31.1 Å². The second-order valence-electron chi connectivity index (χ2n) is 20.0. The number of carboxylic acids is 1. The lowest BCUT2D eigenvalue weighted by atomic mass is 9.84. The topological polar surface area (TPSA) is 159 Å². The molecule has 2 atom stereocenters. The Bertz CT molecular complexity index is 2980. The van der Waals surface area contributed by atoms with Gasteiger partial charge in [0.1, 0.15) is 29.1 Å². The van der Waals surface area contributed by atoms with Gasteiger partial charge in [0.2, 0.25) is 0 Å². The summed E-state index contributed by atoms with van der Waals surface area (Å²) in [6.45, 7) is 15.3. The normalized spacial score (nSPS) is 16.2. The molecule has 13 nitrogen and oxygen atoms in total. The second-order valence-corrected chi connectivity index (χ2v) is 21.6. The number of nitrogens with zero attached hydrogens (tertiary/aromatic N) is 2. The molecule has 17 heteroatoms. The minimum atomic E-state index is -0.832. The van der Waals surface area contributed by atoms with Gasteiger partial charge in [-0.3, -0.25) is 19.2 Å². The summed E-state index contributed by atoms with van der Waals surface area (Å²) >= 11 is 25.0. The first kappa shape index (κ1) is 56.3. The molecule has 394 valence electrons. The van der Waals surface area contributed by atoms with Crippen LogP contribution in [-0.4, -0.2) is 84.2 Å². The monoisotopic (exact) mass is 1090 g/mol. The molecule has 6 aromatic rings. The van der Waals surface area contributed by atoms with Crippen LogP contribution in [0.15, 0.2) is 97.6 Å². The number of aliphatic carboxylic acids is 1. The highest BCUT2D eigenvalue weighted by Crippen LogP contribution is 2.38. The van der Waals surface area contributed by atoms with Gasteiger partial charge in [-0.2, -0.15) is 0 Å². The molecule has 0 radical (unpaired) electrons. The van der Waals surface area contributed by atoms with Crippen LogP contribution in [0.3, 0.4) is 0 Å². The van der Waals surface area contributed by atoms with E-state index in [4.69, 9.17) is 65.4 Å². The van der Waals surface area contributed by atoms with Crippen molar-refractivity contribution in [3.05, 3.63) is 151 Å². The van der Waals surface area contributed by atoms with Crippen LogP contribution >= 0.6 is 46.4 Å². The van der Waals surface area contributed by atoms with Crippen molar-refractivity contribution in [3.63, 3.8) is 0 Å². The number of amides is 2. The van der Waals surface area contributed by atoms with Crippen molar-refractivity contribution in [2.45, 2.75) is 76.3 Å². The Morgan fingerprint density at radius 1 is 0.649 bits per heavy atom. The molecule has 5 heterocycles. The maximum Gasteiger partial charge on any atom is 0.313 e. The second kappa shape index (κ2) is 24.5. The summed E-state index contributed by atoms with van der Waals surface area (Å²) in [5, 5.41) is 19.1. The number of benzene rings is 4. The molecule has 0 spiro atoms. The van der Waals surface area contributed by atoms with Crippen molar-refractivity contribution in [1.82, 2.24) is 19.8 Å². The summed E-state index contributed by atoms with van der Waals surface area (Å²) in [6, 6.07) is 25.8. The predicted octanol–water partition coefficient (Wildman–Crippen LogP) is 12.2. The number of halogens is 4. The van der Waals surface area contributed by atoms with Crippen LogP contribution in [0.2, 0.25) is 20.1 Å². The number of esters is 1. The Morgan fingerprint density at radius 2 is 1.05 bits per heavy atom. The maximum atomic E-state index is 13.4. The number of nitrogens with one attached hydrogen (secondary N) is 2. The molecule has 74 heavy (non-hydrogen) atoms. The molecule has 3 N–H and O–H groups in total. The molecule has 3 aliphatic rings. The standard InChI is InChI=1S/C28H30Cl2N2O4.C25H26Cl2N2O4.C4H8O/c1-5-12-36-27(34)20(13-17(2)3)18-6-8-19(9-7-18)28(15-35-16-28)31-26(33)24-14-21-23(32(24)4)11-10-22(29)25(21)30;1-14(2)10-17(24(31)32)15-4-6-16(7-5-15)25(12-33-13-25)28-23(30)21-11-18-20(29(21)3)9-8-19(26)22(18)27;1-2-4-5-3-1/h5-11,14,17,20H,1,12-13,15-16H2,2-4H3,(H,31,33);4-9,11,14,17H,10,12-13H2,1-3H3,(H,28,30)(H,31,32);1-4H2. The van der Waals surface area contributed by atoms with Gasteiger partial charge in [0.25, 0.3) is 11.8 Å². The summed E-state index contributed by atoms with van der Waals surface area (Å²) in [6.07, 6.45) is 5.36. The largest absolute Gasteiger partial charge is 0.481 e. The third-order valence-electron chi connectivity index (χ3n) is 13.7. The Morgan fingerprint density at radius 3 is 1.39 bits per heavy atom. The van der Waals surface area contributed by atoms with Gasteiger partial charge < -0.3 is 43.8 Å². The van der Waals surface area contributed by atoms with Crippen LogP contribution in [0, 0.1) is 11.8 Å². The van der Waals surface area contributed by atoms with Gasteiger partial charge in [-0.1, -0.05) is 135 Å². The quantitative estimate of drug-likeness (QED) is 0.0633. The number of hydrogen-bond acceptors (Lipinski definition) is 8. The molecule has 0 aliphatic carbocycles. The van der Waals surface area contributed by atoms with Gasteiger partial charge in [-0.15, -0.1) is 0 Å². The molecule has 2 amide bonds. The van der Waals surface area contributed by atoms with Crippen molar-refractivity contribution in [2.24, 2.45) is 25.9 Å². The predicted molar refractivity (Wildman–Crippen MR) is 292 cm³/mol. The first-order valence-electron chi connectivity index (χ1n) is 24.8. The Kier molecular flexibility index (Phi) is 18.7. The van der Waals surface area contributed by atoms with Gasteiger partial charge in [-0.25, -0.2) is 0 Å². The molecule has 3 aliphatic heterocycles. The van der Waals surface area contributed by atoms with Gasteiger partial charge in [0.05, 0.1) is 58.4 Å². The van der Waals surface area contributed by atoms with Gasteiger partial charge in [0, 0.05) is 49.1 Å². The van der Waals surface area contributed by atoms with E-state index in [1.807, 2.05) is 81.6 Å². The van der Waals surface area contributed by atoms with Crippen molar-refractivity contribution in [3.8, 4) is 0 Å². The first-order chi connectivity index (χ1) is 35.3. The summed E-state index contributed by atoms with van der Waals surface area (Å²) < 4.78 is 24.9. The van der Waals surface area contributed by atoms with Crippen LogP contribution in [0.5, 0.6) is 0 Å². The number of carbonyl (C=O) groups excluding carboxylic acids is 3. The van der Waals surface area contributed by atoms with E-state index in [1.54, 1.807) is 46.5 Å². The Hall–Kier alpha value is -5.38. The highest BCUT2D eigenvalue weighted by Gasteiger charge is 2.44. The van der Waals surface area contributed by atoms with E-state index < -0.39 is 23.0 Å². The molecule has 9 rings (SSSR count). The third-order valence-corrected chi connectivity index (χ3v) is 15.3. The zero-order valence-corrected chi connectivity index (χ0v) is 45.6. The van der Waals surface area contributed by atoms with Crippen LogP contribution in [0.1, 0.15) is 108 Å². The minimum Gasteiger partial charge on any atom is -0.481 e. The number of aryl methyl sites for hydroxylation is 2. The molecule has 0 bridgehead atoms. The number of aromatic nitrogens is 2. The number of carboxylic acid groups (broad SMARTS) is 1. The molecule has 0 saturated carbocycles. The van der Waals surface area contributed by atoms with Crippen molar-refractivity contribution in [2.75, 3.05) is 46.2 Å². The van der Waals surface area contributed by atoms with E-state index in [9.17, 15) is 24.3 Å². The lowest BCUT2D eigenvalue weighted by Gasteiger charge is -2.42. The fourth-order valence-electron chi connectivity index (χ4n) is 9.44. The zero-order chi connectivity index (χ0) is 53.5. The highest BCUT2D eigenvalue weighted by molar-refractivity contribution is 6.46. The summed E-state index contributed by atoms with van der Waals surface area (Å²) in [4.78, 5) is 51.0. The van der Waals surface area contributed by atoms with Gasteiger partial charge in [-0.05, 0) is 96.2 Å². The van der Waals surface area contributed by atoms with E-state index >= 15 is 0 Å². The maximum absolute atomic E-state index is 13.4. The Balaban J connectivity index is 0.000000198. The fraction of sp³-hybridized carbons (Fsp3) is 0.404. The van der Waals surface area contributed by atoms with E-state index in [0.717, 1.165) is 51.9 Å². The number of carbonyl (C=O) groups is 4. The lowest BCUT2D eigenvalue weighted by molar-refractivity contribution is -0.144. The molecule has 3 fully saturated rings. The smallest absolute Gasteiger partial charge is 0.313 e. The molecule has 2 aromatic heterocycles. The first-order valence-corrected chi connectivity index (χ1v) is 26.3. The average molecular weight is 1090 g/mol. The van der Waals surface area contributed by atoms with Crippen molar-refractivity contribution in [1.29, 1.82) is 0 Å². The van der Waals surface area contributed by atoms with Crippen LogP contribution in [0.4, 0.5) is 0 Å². The summed E-state index contributed by atoms with van der Waals surface area (Å²) in [5.41, 5.74) is 4.63. The van der Waals surface area contributed by atoms with Gasteiger partial charge >= 0.3 is 11.9 Å². The number of fused-ring (bicyclic) bond motifs is 2. The third kappa shape index (κ3) is 12.5. The fourth-order valence-corrected chi connectivity index (χ4v) is 10.2. The summed E-state index contributed by atoms with van der Waals surface area (Å²) in [7, 11) is 3.63. The minimum absolute atomic E-state index is 0.184. The van der Waals surface area contributed by atoms with Gasteiger partial charge in [0.15, 0.2) is 0 Å². The van der Waals surface area contributed by atoms with E-state index in [0.29, 0.717) is 82.1 Å². The van der Waals surface area contributed by atoms with Crippen molar-refractivity contribution >= 4 is 92.0 Å². The molecular weight excluding hydrogens is 1030 g/mol.